The van der Waals surface area contributed by atoms with Crippen LogP contribution in [0.1, 0.15) is 36.6 Å². The average molecular weight is 285 g/mol. The Kier molecular flexibility index (Phi) is 3.97. The van der Waals surface area contributed by atoms with Crippen LogP contribution in [0, 0.1) is 6.92 Å². The first kappa shape index (κ1) is 14.1. The summed E-state index contributed by atoms with van der Waals surface area (Å²) in [6.45, 7) is 5.02. The molecule has 112 valence electrons. The minimum absolute atomic E-state index is 0.681. The van der Waals surface area contributed by atoms with Crippen molar-refractivity contribution >= 4 is 0 Å². The van der Waals surface area contributed by atoms with Crippen LogP contribution in [0.15, 0.2) is 24.3 Å². The number of aromatic nitrogens is 2. The molecule has 4 nitrogen and oxygen atoms in total. The molecule has 1 fully saturated rings. The Balaban J connectivity index is 1.86. The van der Waals surface area contributed by atoms with Gasteiger partial charge in [-0.3, -0.25) is 0 Å². The first-order valence-electron chi connectivity index (χ1n) is 7.70. The van der Waals surface area contributed by atoms with Gasteiger partial charge in [-0.05, 0) is 37.8 Å². The highest BCUT2D eigenvalue weighted by atomic mass is 16.5. The molecule has 21 heavy (non-hydrogen) atoms. The summed E-state index contributed by atoms with van der Waals surface area (Å²) in [5.74, 6) is 1.78. The zero-order valence-corrected chi connectivity index (χ0v) is 13.0. The molecule has 0 bridgehead atoms. The number of aryl methyl sites for hydroxylation is 3. The van der Waals surface area contributed by atoms with E-state index in [9.17, 15) is 0 Å². The molecule has 1 saturated carbocycles. The number of nitrogens with one attached hydrogen (secondary N) is 1. The lowest BCUT2D eigenvalue weighted by Gasteiger charge is -2.12. The summed E-state index contributed by atoms with van der Waals surface area (Å²) >= 11 is 0. The molecule has 4 heteroatoms. The van der Waals surface area contributed by atoms with Gasteiger partial charge in [0.1, 0.15) is 5.75 Å². The largest absolute Gasteiger partial charge is 0.439 e. The zero-order chi connectivity index (χ0) is 14.8. The van der Waals surface area contributed by atoms with E-state index >= 15 is 0 Å². The predicted molar refractivity (Wildman–Crippen MR) is 83.7 cm³/mol. The van der Waals surface area contributed by atoms with Gasteiger partial charge in [-0.2, -0.15) is 5.10 Å². The third-order valence-electron chi connectivity index (χ3n) is 3.99. The number of para-hydroxylation sites is 1. The van der Waals surface area contributed by atoms with E-state index in [-0.39, 0.29) is 0 Å². The molecule has 1 heterocycles. The molecule has 2 aromatic rings. The molecule has 1 aliphatic rings. The van der Waals surface area contributed by atoms with Crippen molar-refractivity contribution in [3.8, 4) is 11.6 Å². The van der Waals surface area contributed by atoms with Crippen LogP contribution < -0.4 is 10.1 Å². The fourth-order valence-electron chi connectivity index (χ4n) is 2.55. The first-order chi connectivity index (χ1) is 10.2. The van der Waals surface area contributed by atoms with E-state index < -0.39 is 0 Å². The monoisotopic (exact) mass is 285 g/mol. The molecule has 0 saturated heterocycles. The third-order valence-corrected chi connectivity index (χ3v) is 3.99. The van der Waals surface area contributed by atoms with Gasteiger partial charge in [-0.25, -0.2) is 4.68 Å². The van der Waals surface area contributed by atoms with Gasteiger partial charge in [0.2, 0.25) is 5.88 Å². The van der Waals surface area contributed by atoms with Gasteiger partial charge >= 0.3 is 0 Å². The average Bonchev–Trinajstić information content (AvgIpc) is 3.26. The van der Waals surface area contributed by atoms with Gasteiger partial charge in [-0.1, -0.05) is 25.1 Å². The molecule has 0 amide bonds. The lowest BCUT2D eigenvalue weighted by Crippen LogP contribution is -2.16. The summed E-state index contributed by atoms with van der Waals surface area (Å²) in [7, 11) is 1.94. The Morgan fingerprint density at radius 3 is 2.81 bits per heavy atom. The van der Waals surface area contributed by atoms with E-state index in [0.717, 1.165) is 35.9 Å². The van der Waals surface area contributed by atoms with E-state index in [2.05, 4.69) is 29.5 Å². The Bertz CT molecular complexity index is 629. The number of hydrogen-bond acceptors (Lipinski definition) is 3. The second-order valence-corrected chi connectivity index (χ2v) is 5.71. The standard InChI is InChI=1S/C17H23N3O/c1-4-13-7-5-6-8-16(13)21-17-15(11-18-14-9-10-14)12(2)19-20(17)3/h5-8,14,18H,4,9-11H2,1-3H3. The maximum absolute atomic E-state index is 6.20. The minimum Gasteiger partial charge on any atom is -0.439 e. The molecule has 0 atom stereocenters. The van der Waals surface area contributed by atoms with Crippen molar-refractivity contribution in [2.45, 2.75) is 45.7 Å². The minimum atomic E-state index is 0.681. The maximum atomic E-state index is 6.20. The quantitative estimate of drug-likeness (QED) is 0.885. The van der Waals surface area contributed by atoms with Crippen LogP contribution in [0.3, 0.4) is 0 Å². The topological polar surface area (TPSA) is 39.1 Å². The van der Waals surface area contributed by atoms with E-state index in [4.69, 9.17) is 4.74 Å². The van der Waals surface area contributed by atoms with Crippen molar-refractivity contribution < 1.29 is 4.74 Å². The molecule has 1 N–H and O–H groups in total. The summed E-state index contributed by atoms with van der Waals surface area (Å²) in [5, 5.41) is 8.06. The fourth-order valence-corrected chi connectivity index (χ4v) is 2.55. The van der Waals surface area contributed by atoms with Crippen molar-refractivity contribution in [1.29, 1.82) is 0 Å². The molecule has 0 spiro atoms. The Morgan fingerprint density at radius 1 is 1.33 bits per heavy atom. The number of hydrogen-bond donors (Lipinski definition) is 1. The molecule has 0 aliphatic heterocycles. The van der Waals surface area contributed by atoms with Gasteiger partial charge < -0.3 is 10.1 Å². The van der Waals surface area contributed by atoms with Gasteiger partial charge in [0.15, 0.2) is 0 Å². The van der Waals surface area contributed by atoms with E-state index in [1.807, 2.05) is 30.8 Å². The van der Waals surface area contributed by atoms with Crippen molar-refractivity contribution in [3.05, 3.63) is 41.1 Å². The molecular weight excluding hydrogens is 262 g/mol. The van der Waals surface area contributed by atoms with Crippen LogP contribution in [0.4, 0.5) is 0 Å². The number of ether oxygens (including phenoxy) is 1. The normalized spacial score (nSPS) is 14.4. The third kappa shape index (κ3) is 3.10. The van der Waals surface area contributed by atoms with Gasteiger partial charge in [0.25, 0.3) is 0 Å². The fraction of sp³-hybridized carbons (Fsp3) is 0.471. The molecule has 1 aromatic heterocycles. The van der Waals surface area contributed by atoms with E-state index in [0.29, 0.717) is 6.04 Å². The van der Waals surface area contributed by atoms with Crippen LogP contribution >= 0.6 is 0 Å². The SMILES string of the molecule is CCc1ccccc1Oc1c(CNC2CC2)c(C)nn1C. The van der Waals surface area contributed by atoms with E-state index in [1.165, 1.54) is 18.4 Å². The predicted octanol–water partition coefficient (Wildman–Crippen LogP) is 3.34. The summed E-state index contributed by atoms with van der Waals surface area (Å²) < 4.78 is 8.04. The first-order valence-corrected chi connectivity index (χ1v) is 7.70. The molecule has 1 aromatic carbocycles. The van der Waals surface area contributed by atoms with Gasteiger partial charge in [0, 0.05) is 19.6 Å². The summed E-state index contributed by atoms with van der Waals surface area (Å²) in [6, 6.07) is 8.88. The summed E-state index contributed by atoms with van der Waals surface area (Å²) in [5.41, 5.74) is 3.42. The Hall–Kier alpha value is -1.81. The second-order valence-electron chi connectivity index (χ2n) is 5.71. The van der Waals surface area contributed by atoms with Crippen molar-refractivity contribution in [2.24, 2.45) is 7.05 Å². The number of benzene rings is 1. The lowest BCUT2D eigenvalue weighted by molar-refractivity contribution is 0.419. The molecule has 0 unspecified atom stereocenters. The molecule has 1 aliphatic carbocycles. The summed E-state index contributed by atoms with van der Waals surface area (Å²) in [4.78, 5) is 0. The van der Waals surface area contributed by atoms with Crippen molar-refractivity contribution in [2.75, 3.05) is 0 Å². The van der Waals surface area contributed by atoms with Gasteiger partial charge in [-0.15, -0.1) is 0 Å². The zero-order valence-electron chi connectivity index (χ0n) is 13.0. The summed E-state index contributed by atoms with van der Waals surface area (Å²) in [6.07, 6.45) is 3.53. The highest BCUT2D eigenvalue weighted by Crippen LogP contribution is 2.30. The Morgan fingerprint density at radius 2 is 2.10 bits per heavy atom. The molecular formula is C17H23N3O. The molecule has 3 rings (SSSR count). The highest BCUT2D eigenvalue weighted by Gasteiger charge is 2.23. The van der Waals surface area contributed by atoms with Crippen LogP contribution in [0.5, 0.6) is 11.6 Å². The smallest absolute Gasteiger partial charge is 0.222 e. The van der Waals surface area contributed by atoms with E-state index in [1.54, 1.807) is 0 Å². The van der Waals surface area contributed by atoms with Crippen LogP contribution in [-0.4, -0.2) is 15.8 Å². The van der Waals surface area contributed by atoms with Crippen LogP contribution in [0.25, 0.3) is 0 Å². The van der Waals surface area contributed by atoms with Crippen LogP contribution in [0.2, 0.25) is 0 Å². The molecule has 0 radical (unpaired) electrons. The second kappa shape index (κ2) is 5.90. The lowest BCUT2D eigenvalue weighted by atomic mass is 10.1. The van der Waals surface area contributed by atoms with Gasteiger partial charge in [0.05, 0.1) is 11.3 Å². The number of nitrogens with zero attached hydrogens (tertiary/aromatic N) is 2. The number of rotatable bonds is 6. The Labute approximate surface area is 126 Å². The highest BCUT2D eigenvalue weighted by molar-refractivity contribution is 5.40. The van der Waals surface area contributed by atoms with Crippen LogP contribution in [-0.2, 0) is 20.0 Å². The maximum Gasteiger partial charge on any atom is 0.222 e. The van der Waals surface area contributed by atoms with Crippen molar-refractivity contribution in [1.82, 2.24) is 15.1 Å². The van der Waals surface area contributed by atoms with Crippen molar-refractivity contribution in [3.63, 3.8) is 0 Å².